The van der Waals surface area contributed by atoms with Gasteiger partial charge in [-0.05, 0) is 48.7 Å². The first kappa shape index (κ1) is 13.2. The van der Waals surface area contributed by atoms with Crippen LogP contribution in [0.1, 0.15) is 12.0 Å². The highest BCUT2D eigenvalue weighted by Gasteiger charge is 2.06. The summed E-state index contributed by atoms with van der Waals surface area (Å²) in [6.07, 6.45) is 0.957. The zero-order chi connectivity index (χ0) is 12.8. The molecule has 0 radical (unpaired) electrons. The molecule has 0 fully saturated rings. The van der Waals surface area contributed by atoms with Gasteiger partial charge >= 0.3 is 0 Å². The summed E-state index contributed by atoms with van der Waals surface area (Å²) in [6, 6.07) is 9.15. The largest absolute Gasteiger partial charge is 0.330 e. The highest BCUT2D eigenvalue weighted by atomic mass is 32.1. The van der Waals surface area contributed by atoms with Crippen molar-refractivity contribution in [3.63, 3.8) is 0 Å². The van der Waals surface area contributed by atoms with E-state index in [0.717, 1.165) is 30.0 Å². The third-order valence-electron chi connectivity index (χ3n) is 2.70. The van der Waals surface area contributed by atoms with Crippen LogP contribution in [0.4, 0.5) is 4.39 Å². The number of halogens is 1. The molecule has 2 nitrogen and oxygen atoms in total. The minimum absolute atomic E-state index is 0.164. The smallest absolute Gasteiger partial charge is 0.131 e. The van der Waals surface area contributed by atoms with E-state index < -0.39 is 0 Å². The van der Waals surface area contributed by atoms with Crippen molar-refractivity contribution in [1.82, 2.24) is 5.32 Å². The van der Waals surface area contributed by atoms with Crippen molar-refractivity contribution in [1.29, 1.82) is 0 Å². The second-order valence-corrected chi connectivity index (χ2v) is 5.06. The van der Waals surface area contributed by atoms with Crippen molar-refractivity contribution >= 4 is 11.3 Å². The van der Waals surface area contributed by atoms with E-state index >= 15 is 0 Å². The number of hydrogen-bond acceptors (Lipinski definition) is 3. The maximum Gasteiger partial charge on any atom is 0.131 e. The summed E-state index contributed by atoms with van der Waals surface area (Å²) < 4.78 is 13.7. The van der Waals surface area contributed by atoms with Crippen LogP contribution in [-0.4, -0.2) is 13.1 Å². The summed E-state index contributed by atoms with van der Waals surface area (Å²) in [6.45, 7) is 2.33. The molecule has 3 N–H and O–H groups in total. The number of rotatable bonds is 6. The quantitative estimate of drug-likeness (QED) is 0.787. The summed E-state index contributed by atoms with van der Waals surface area (Å²) in [5.41, 5.74) is 7.21. The highest BCUT2D eigenvalue weighted by molar-refractivity contribution is 7.13. The second kappa shape index (κ2) is 6.64. The lowest BCUT2D eigenvalue weighted by atomic mass is 10.1. The number of thiophene rings is 1. The minimum Gasteiger partial charge on any atom is -0.330 e. The fourth-order valence-corrected chi connectivity index (χ4v) is 2.51. The lowest BCUT2D eigenvalue weighted by Crippen LogP contribution is -2.17. The lowest BCUT2D eigenvalue weighted by molar-refractivity contribution is 0.627. The zero-order valence-electron chi connectivity index (χ0n) is 10.2. The Morgan fingerprint density at radius 2 is 2.17 bits per heavy atom. The molecule has 4 heteroatoms. The van der Waals surface area contributed by atoms with Gasteiger partial charge in [0.2, 0.25) is 0 Å². The molecule has 0 bridgehead atoms. The van der Waals surface area contributed by atoms with E-state index in [-0.39, 0.29) is 5.82 Å². The summed E-state index contributed by atoms with van der Waals surface area (Å²) in [7, 11) is 0. The molecular formula is C14H17FN2S. The highest BCUT2D eigenvalue weighted by Crippen LogP contribution is 2.28. The monoisotopic (exact) mass is 264 g/mol. The molecule has 0 aliphatic carbocycles. The maximum atomic E-state index is 13.7. The molecule has 0 atom stereocenters. The molecule has 0 aliphatic heterocycles. The Balaban J connectivity index is 2.07. The Hall–Kier alpha value is -1.23. The van der Waals surface area contributed by atoms with Gasteiger partial charge < -0.3 is 11.1 Å². The van der Waals surface area contributed by atoms with Crippen LogP contribution in [0.2, 0.25) is 0 Å². The molecule has 0 saturated heterocycles. The Bertz CT molecular complexity index is 483. The van der Waals surface area contributed by atoms with Crippen LogP contribution in [0.25, 0.3) is 10.4 Å². The molecule has 1 aromatic carbocycles. The molecule has 96 valence electrons. The molecule has 1 aromatic heterocycles. The first-order chi connectivity index (χ1) is 8.81. The molecule has 0 aliphatic rings. The lowest BCUT2D eigenvalue weighted by Gasteiger charge is -2.07. The average molecular weight is 264 g/mol. The number of nitrogens with one attached hydrogen (secondary N) is 1. The first-order valence-electron chi connectivity index (χ1n) is 6.04. The second-order valence-electron chi connectivity index (χ2n) is 4.11. The normalized spacial score (nSPS) is 10.8. The van der Waals surface area contributed by atoms with Crippen molar-refractivity contribution in [2.24, 2.45) is 5.73 Å². The molecule has 0 unspecified atom stereocenters. The van der Waals surface area contributed by atoms with Crippen LogP contribution in [0.3, 0.4) is 0 Å². The molecule has 18 heavy (non-hydrogen) atoms. The van der Waals surface area contributed by atoms with Gasteiger partial charge in [0.05, 0.1) is 0 Å². The van der Waals surface area contributed by atoms with E-state index in [4.69, 9.17) is 5.73 Å². The van der Waals surface area contributed by atoms with E-state index in [1.165, 1.54) is 6.07 Å². The summed E-state index contributed by atoms with van der Waals surface area (Å²) in [4.78, 5) is 0.969. The van der Waals surface area contributed by atoms with E-state index in [0.29, 0.717) is 12.1 Å². The minimum atomic E-state index is -0.164. The van der Waals surface area contributed by atoms with Crippen LogP contribution < -0.4 is 11.1 Å². The van der Waals surface area contributed by atoms with Crippen LogP contribution in [0, 0.1) is 5.82 Å². The van der Waals surface area contributed by atoms with Gasteiger partial charge in [-0.1, -0.05) is 12.1 Å². The maximum absolute atomic E-state index is 13.7. The van der Waals surface area contributed by atoms with Crippen molar-refractivity contribution in [2.75, 3.05) is 13.1 Å². The molecule has 2 rings (SSSR count). The van der Waals surface area contributed by atoms with E-state index in [9.17, 15) is 4.39 Å². The third kappa shape index (κ3) is 3.38. The number of hydrogen-bond donors (Lipinski definition) is 2. The van der Waals surface area contributed by atoms with Gasteiger partial charge in [0.25, 0.3) is 0 Å². The molecule has 0 spiro atoms. The topological polar surface area (TPSA) is 38.0 Å². The van der Waals surface area contributed by atoms with Crippen molar-refractivity contribution in [3.8, 4) is 10.4 Å². The standard InChI is InChI=1S/C14H17FN2S/c15-13-5-4-11(10-17-7-2-6-16)9-12(13)14-3-1-8-18-14/h1,3-5,8-9,17H,2,6-7,10,16H2. The fraction of sp³-hybridized carbons (Fsp3) is 0.286. The predicted octanol–water partition coefficient (Wildman–Crippen LogP) is 2.99. The Kier molecular flexibility index (Phi) is 4.87. The Labute approximate surface area is 111 Å². The van der Waals surface area contributed by atoms with Gasteiger partial charge in [0.1, 0.15) is 5.82 Å². The zero-order valence-corrected chi connectivity index (χ0v) is 11.0. The molecule has 1 heterocycles. The van der Waals surface area contributed by atoms with Gasteiger partial charge in [-0.2, -0.15) is 0 Å². The van der Waals surface area contributed by atoms with Gasteiger partial charge in [0.15, 0.2) is 0 Å². The SMILES string of the molecule is NCCCNCc1ccc(F)c(-c2cccs2)c1. The van der Waals surface area contributed by atoms with E-state index in [2.05, 4.69) is 5.32 Å². The third-order valence-corrected chi connectivity index (χ3v) is 3.61. The predicted molar refractivity (Wildman–Crippen MR) is 75.1 cm³/mol. The number of nitrogens with two attached hydrogens (primary N) is 1. The van der Waals surface area contributed by atoms with Gasteiger partial charge in [-0.15, -0.1) is 11.3 Å². The Morgan fingerprint density at radius 1 is 1.28 bits per heavy atom. The van der Waals surface area contributed by atoms with E-state index in [1.807, 2.05) is 29.6 Å². The van der Waals surface area contributed by atoms with Crippen molar-refractivity contribution in [2.45, 2.75) is 13.0 Å². The van der Waals surface area contributed by atoms with Gasteiger partial charge in [-0.3, -0.25) is 0 Å². The van der Waals surface area contributed by atoms with Crippen LogP contribution in [0.15, 0.2) is 35.7 Å². The fourth-order valence-electron chi connectivity index (χ4n) is 1.76. The molecule has 2 aromatic rings. The van der Waals surface area contributed by atoms with Crippen LogP contribution in [0.5, 0.6) is 0 Å². The Morgan fingerprint density at radius 3 is 2.89 bits per heavy atom. The average Bonchev–Trinajstić information content (AvgIpc) is 2.90. The van der Waals surface area contributed by atoms with Crippen molar-refractivity contribution in [3.05, 3.63) is 47.1 Å². The summed E-state index contributed by atoms with van der Waals surface area (Å²) >= 11 is 1.55. The summed E-state index contributed by atoms with van der Waals surface area (Å²) in [5.74, 6) is -0.164. The van der Waals surface area contributed by atoms with Crippen LogP contribution in [-0.2, 0) is 6.54 Å². The van der Waals surface area contributed by atoms with Crippen LogP contribution >= 0.6 is 11.3 Å². The van der Waals surface area contributed by atoms with Gasteiger partial charge in [-0.25, -0.2) is 4.39 Å². The number of benzene rings is 1. The van der Waals surface area contributed by atoms with Gasteiger partial charge in [0, 0.05) is 17.0 Å². The molecule has 0 saturated carbocycles. The first-order valence-corrected chi connectivity index (χ1v) is 6.92. The molecule has 0 amide bonds. The summed E-state index contributed by atoms with van der Waals surface area (Å²) in [5, 5.41) is 5.25. The van der Waals surface area contributed by atoms with Crippen molar-refractivity contribution < 1.29 is 4.39 Å². The van der Waals surface area contributed by atoms with E-state index in [1.54, 1.807) is 11.3 Å². The molecular weight excluding hydrogens is 247 g/mol.